The molecule has 1 aliphatic rings. The zero-order valence-corrected chi connectivity index (χ0v) is 9.74. The van der Waals surface area contributed by atoms with Gasteiger partial charge in [0, 0.05) is 0 Å². The maximum absolute atomic E-state index is 2.53. The van der Waals surface area contributed by atoms with Crippen LogP contribution in [0.25, 0.3) is 0 Å². The monoisotopic (exact) mass is 190 g/mol. The first-order valence-electron chi connectivity index (χ1n) is 3.87. The van der Waals surface area contributed by atoms with Gasteiger partial charge in [-0.05, 0) is 16.7 Å². The molecule has 1 aliphatic heterocycles. The summed E-state index contributed by atoms with van der Waals surface area (Å²) >= 11 is 0. The summed E-state index contributed by atoms with van der Waals surface area (Å²) in [7, 11) is 1.08. The third kappa shape index (κ3) is 1.61. The molecule has 0 aliphatic carbocycles. The Balaban J connectivity index is 2.30. The zero-order valence-electron chi connectivity index (χ0n) is 6.27. The zero-order chi connectivity index (χ0) is 7.52. The van der Waals surface area contributed by atoms with Gasteiger partial charge in [-0.2, -0.15) is 0 Å². The summed E-state index contributed by atoms with van der Waals surface area (Å²) in [6, 6.07) is 11.1. The van der Waals surface area contributed by atoms with E-state index in [0.29, 0.717) is 0 Å². The molecule has 1 aromatic rings. The lowest BCUT2D eigenvalue weighted by molar-refractivity contribution is 1.77. The van der Waals surface area contributed by atoms with Gasteiger partial charge in [0.2, 0.25) is 0 Å². The molecule has 0 saturated heterocycles. The average Bonchev–Trinajstić information content (AvgIpc) is 2.58. The van der Waals surface area contributed by atoms with E-state index in [1.54, 1.807) is 5.19 Å². The van der Waals surface area contributed by atoms with E-state index in [9.17, 15) is 0 Å². The molecule has 1 unspecified atom stereocenters. The molecular formula is C8H10Si3. The second-order valence-corrected chi connectivity index (χ2v) is 13.9. The summed E-state index contributed by atoms with van der Waals surface area (Å²) in [6.45, 7) is 0. The largest absolute Gasteiger partial charge is 0.0978 e. The van der Waals surface area contributed by atoms with Gasteiger partial charge >= 0.3 is 0 Å². The van der Waals surface area contributed by atoms with Gasteiger partial charge in [0.25, 0.3) is 0 Å². The smallest absolute Gasteiger partial charge is 0.0951 e. The van der Waals surface area contributed by atoms with E-state index < -0.39 is 8.31 Å². The number of hydrogen-bond donors (Lipinski definition) is 0. The fourth-order valence-corrected chi connectivity index (χ4v) is 16.0. The fraction of sp³-hybridized carbons (Fsp3) is 0. The number of rotatable bonds is 1. The minimum atomic E-state index is -0.500. The first-order chi connectivity index (χ1) is 5.47. The standard InChI is InChI=1S/C8H10Si3/c1-2-4-8(5-3-1)11-7-6-9-10-11/h1-7,9-11H. The van der Waals surface area contributed by atoms with Crippen LogP contribution in [-0.4, -0.2) is 25.1 Å². The van der Waals surface area contributed by atoms with Crippen molar-refractivity contribution in [1.82, 2.24) is 0 Å². The van der Waals surface area contributed by atoms with E-state index in [2.05, 4.69) is 41.7 Å². The summed E-state index contributed by atoms with van der Waals surface area (Å²) in [5.41, 5.74) is 4.99. The molecular weight excluding hydrogens is 180 g/mol. The first kappa shape index (κ1) is 7.27. The van der Waals surface area contributed by atoms with Crippen molar-refractivity contribution >= 4 is 30.2 Å². The second-order valence-electron chi connectivity index (χ2n) is 2.71. The Morgan fingerprint density at radius 3 is 2.55 bits per heavy atom. The maximum Gasteiger partial charge on any atom is 0.0951 e. The number of hydrogen-bond acceptors (Lipinski definition) is 0. The highest BCUT2D eigenvalue weighted by atomic mass is 29.4. The molecule has 2 rings (SSSR count). The Hall–Kier alpha value is -0.389. The first-order valence-corrected chi connectivity index (χ1v) is 11.1. The third-order valence-electron chi connectivity index (χ3n) is 1.93. The van der Waals surface area contributed by atoms with Crippen LogP contribution in [0.4, 0.5) is 0 Å². The summed E-state index contributed by atoms with van der Waals surface area (Å²) < 4.78 is 0. The van der Waals surface area contributed by atoms with E-state index in [4.69, 9.17) is 0 Å². The summed E-state index contributed by atoms with van der Waals surface area (Å²) in [5, 5.41) is 1.66. The van der Waals surface area contributed by atoms with Crippen LogP contribution in [0.3, 0.4) is 0 Å². The third-order valence-corrected chi connectivity index (χ3v) is 15.4. The average molecular weight is 190 g/mol. The Labute approximate surface area is 72.3 Å². The van der Waals surface area contributed by atoms with E-state index in [0.717, 1.165) is 16.7 Å². The van der Waals surface area contributed by atoms with Crippen molar-refractivity contribution in [3.8, 4) is 0 Å². The molecule has 0 fully saturated rings. The van der Waals surface area contributed by atoms with Gasteiger partial charge in [0.1, 0.15) is 0 Å². The molecule has 0 saturated carbocycles. The van der Waals surface area contributed by atoms with Crippen molar-refractivity contribution < 1.29 is 0 Å². The molecule has 1 heterocycles. The normalized spacial score (nSPS) is 20.9. The highest BCUT2D eigenvalue weighted by molar-refractivity contribution is 7.30. The molecule has 11 heavy (non-hydrogen) atoms. The molecule has 0 nitrogen and oxygen atoms in total. The van der Waals surface area contributed by atoms with Gasteiger partial charge in [-0.15, -0.1) is 0 Å². The molecule has 1 atom stereocenters. The molecule has 0 aromatic heterocycles. The van der Waals surface area contributed by atoms with Crippen molar-refractivity contribution in [2.75, 3.05) is 0 Å². The van der Waals surface area contributed by atoms with Crippen molar-refractivity contribution in [2.45, 2.75) is 0 Å². The van der Waals surface area contributed by atoms with Crippen LogP contribution in [0.2, 0.25) is 0 Å². The molecule has 0 N–H and O–H groups in total. The SMILES string of the molecule is C1=C[SiH](c2ccccc2)[SiH]=[SiH]1. The van der Waals surface area contributed by atoms with Gasteiger partial charge in [0.15, 0.2) is 0 Å². The predicted octanol–water partition coefficient (Wildman–Crippen LogP) is -0.528. The molecule has 0 spiro atoms. The minimum absolute atomic E-state index is 0.500. The summed E-state index contributed by atoms with van der Waals surface area (Å²) in [4.78, 5) is 0. The van der Waals surface area contributed by atoms with Gasteiger partial charge in [0.05, 0.1) is 8.31 Å². The van der Waals surface area contributed by atoms with Crippen molar-refractivity contribution in [3.05, 3.63) is 41.7 Å². The highest BCUT2D eigenvalue weighted by Gasteiger charge is 2.06. The molecule has 1 aromatic carbocycles. The van der Waals surface area contributed by atoms with Crippen LogP contribution in [-0.2, 0) is 0 Å². The van der Waals surface area contributed by atoms with Gasteiger partial charge < -0.3 is 0 Å². The van der Waals surface area contributed by atoms with E-state index >= 15 is 0 Å². The molecule has 0 radical (unpaired) electrons. The molecule has 3 heteroatoms. The minimum Gasteiger partial charge on any atom is -0.0978 e. The maximum atomic E-state index is 2.53. The van der Waals surface area contributed by atoms with Gasteiger partial charge in [-0.3, -0.25) is 0 Å². The van der Waals surface area contributed by atoms with Crippen LogP contribution < -0.4 is 5.19 Å². The molecule has 54 valence electrons. The van der Waals surface area contributed by atoms with Crippen molar-refractivity contribution in [2.24, 2.45) is 0 Å². The Kier molecular flexibility index (Phi) is 2.21. The van der Waals surface area contributed by atoms with Crippen LogP contribution in [0.15, 0.2) is 41.7 Å². The summed E-state index contributed by atoms with van der Waals surface area (Å²) in [5.74, 6) is 0. The van der Waals surface area contributed by atoms with Crippen LogP contribution >= 0.6 is 0 Å². The van der Waals surface area contributed by atoms with E-state index in [1.807, 2.05) is 0 Å². The Bertz CT molecular complexity index is 277. The fourth-order valence-electron chi connectivity index (χ4n) is 1.33. The van der Waals surface area contributed by atoms with E-state index in [-0.39, 0.29) is 0 Å². The lowest BCUT2D eigenvalue weighted by Gasteiger charge is -2.01. The quantitative estimate of drug-likeness (QED) is 0.523. The van der Waals surface area contributed by atoms with Crippen LogP contribution in [0.1, 0.15) is 0 Å². The highest BCUT2D eigenvalue weighted by Crippen LogP contribution is 1.89. The topological polar surface area (TPSA) is 0 Å². The summed E-state index contributed by atoms with van der Waals surface area (Å²) in [6.07, 6.45) is 0. The Morgan fingerprint density at radius 2 is 1.91 bits per heavy atom. The van der Waals surface area contributed by atoms with Crippen LogP contribution in [0.5, 0.6) is 0 Å². The lowest BCUT2D eigenvalue weighted by atomic mass is 10.4. The van der Waals surface area contributed by atoms with Crippen molar-refractivity contribution in [3.63, 3.8) is 0 Å². The van der Waals surface area contributed by atoms with Crippen LogP contribution in [0, 0.1) is 0 Å². The lowest BCUT2D eigenvalue weighted by Crippen LogP contribution is -2.29. The Morgan fingerprint density at radius 1 is 1.09 bits per heavy atom. The molecule has 0 amide bonds. The van der Waals surface area contributed by atoms with E-state index in [1.165, 1.54) is 0 Å². The second kappa shape index (κ2) is 3.34. The van der Waals surface area contributed by atoms with Crippen molar-refractivity contribution in [1.29, 1.82) is 0 Å². The molecule has 0 bridgehead atoms. The number of benzene rings is 1. The van der Waals surface area contributed by atoms with Gasteiger partial charge in [-0.1, -0.05) is 46.9 Å². The predicted molar refractivity (Wildman–Crippen MR) is 56.7 cm³/mol. The van der Waals surface area contributed by atoms with Gasteiger partial charge in [-0.25, -0.2) is 0 Å².